The fraction of sp³-hybridized carbons (Fsp3) is 0.533. The summed E-state index contributed by atoms with van der Waals surface area (Å²) in [5.41, 5.74) is 6.54. The van der Waals surface area contributed by atoms with Crippen molar-refractivity contribution < 1.29 is 4.79 Å². The Kier molecular flexibility index (Phi) is 4.62. The Morgan fingerprint density at radius 2 is 2.20 bits per heavy atom. The van der Waals surface area contributed by atoms with Crippen molar-refractivity contribution in [1.29, 1.82) is 0 Å². The van der Waals surface area contributed by atoms with Crippen molar-refractivity contribution in [3.05, 3.63) is 33.8 Å². The summed E-state index contributed by atoms with van der Waals surface area (Å²) in [6, 6.07) is 5.27. The molecule has 0 aromatic heterocycles. The van der Waals surface area contributed by atoms with Crippen molar-refractivity contribution in [2.75, 3.05) is 7.05 Å². The molecule has 2 rings (SSSR count). The van der Waals surface area contributed by atoms with E-state index in [4.69, 9.17) is 28.9 Å². The van der Waals surface area contributed by atoms with E-state index in [1.54, 1.807) is 24.1 Å². The third-order valence-electron chi connectivity index (χ3n) is 4.29. The molecule has 0 aliphatic heterocycles. The van der Waals surface area contributed by atoms with Crippen molar-refractivity contribution in [3.8, 4) is 0 Å². The molecule has 1 amide bonds. The molecule has 2 unspecified atom stereocenters. The predicted molar refractivity (Wildman–Crippen MR) is 82.9 cm³/mol. The third-order valence-corrected chi connectivity index (χ3v) is 4.87. The number of halogens is 2. The Labute approximate surface area is 130 Å². The molecule has 3 nitrogen and oxygen atoms in total. The topological polar surface area (TPSA) is 46.3 Å². The second kappa shape index (κ2) is 5.92. The predicted octanol–water partition coefficient (Wildman–Crippen LogP) is 3.47. The molecule has 0 bridgehead atoms. The lowest BCUT2D eigenvalue weighted by Gasteiger charge is -2.32. The number of amides is 1. The minimum absolute atomic E-state index is 0.0573. The van der Waals surface area contributed by atoms with Gasteiger partial charge in [-0.2, -0.15) is 0 Å². The Morgan fingerprint density at radius 3 is 2.75 bits per heavy atom. The van der Waals surface area contributed by atoms with Crippen LogP contribution in [0.25, 0.3) is 0 Å². The lowest BCUT2D eigenvalue weighted by molar-refractivity contribution is -0.140. The maximum atomic E-state index is 12.6. The van der Waals surface area contributed by atoms with Crippen molar-refractivity contribution in [3.63, 3.8) is 0 Å². The summed E-state index contributed by atoms with van der Waals surface area (Å²) < 4.78 is 0. The summed E-state index contributed by atoms with van der Waals surface area (Å²) in [5, 5.41) is 1.18. The van der Waals surface area contributed by atoms with Crippen LogP contribution < -0.4 is 5.73 Å². The second-order valence-electron chi connectivity index (χ2n) is 5.81. The molecular formula is C15H20Cl2N2O. The van der Waals surface area contributed by atoms with E-state index >= 15 is 0 Å². The number of carbonyl (C=O) groups excluding carboxylic acids is 1. The number of rotatable bonds is 3. The van der Waals surface area contributed by atoms with Crippen LogP contribution in [0.5, 0.6) is 0 Å². The van der Waals surface area contributed by atoms with Crippen LogP contribution in [-0.2, 0) is 11.3 Å². The first-order valence-corrected chi connectivity index (χ1v) is 7.55. The van der Waals surface area contributed by atoms with Crippen LogP contribution >= 0.6 is 23.2 Å². The maximum Gasteiger partial charge on any atom is 0.230 e. The Hall–Kier alpha value is -0.770. The van der Waals surface area contributed by atoms with E-state index in [2.05, 4.69) is 0 Å². The largest absolute Gasteiger partial charge is 0.341 e. The van der Waals surface area contributed by atoms with Crippen molar-refractivity contribution in [1.82, 2.24) is 4.90 Å². The van der Waals surface area contributed by atoms with E-state index in [0.717, 1.165) is 24.8 Å². The summed E-state index contributed by atoms with van der Waals surface area (Å²) in [7, 11) is 1.80. The van der Waals surface area contributed by atoms with Crippen LogP contribution in [0, 0.1) is 5.41 Å². The number of carbonyl (C=O) groups is 1. The van der Waals surface area contributed by atoms with Gasteiger partial charge in [0, 0.05) is 29.7 Å². The molecule has 2 atom stereocenters. The van der Waals surface area contributed by atoms with Crippen LogP contribution in [0.2, 0.25) is 10.0 Å². The normalized spacial score (nSPS) is 25.8. The molecule has 1 aliphatic rings. The summed E-state index contributed by atoms with van der Waals surface area (Å²) in [5.74, 6) is 0.0912. The van der Waals surface area contributed by atoms with Gasteiger partial charge in [-0.3, -0.25) is 4.79 Å². The zero-order valence-electron chi connectivity index (χ0n) is 11.8. The molecule has 1 aromatic rings. The van der Waals surface area contributed by atoms with Crippen molar-refractivity contribution >= 4 is 29.1 Å². The summed E-state index contributed by atoms with van der Waals surface area (Å²) >= 11 is 12.0. The number of benzene rings is 1. The van der Waals surface area contributed by atoms with Crippen LogP contribution in [0.15, 0.2) is 18.2 Å². The molecule has 20 heavy (non-hydrogen) atoms. The van der Waals surface area contributed by atoms with Gasteiger partial charge in [0.2, 0.25) is 5.91 Å². The molecule has 2 N–H and O–H groups in total. The molecule has 1 saturated carbocycles. The van der Waals surface area contributed by atoms with Crippen molar-refractivity contribution in [2.24, 2.45) is 11.1 Å². The average molecular weight is 315 g/mol. The fourth-order valence-electron chi connectivity index (χ4n) is 2.87. The first-order chi connectivity index (χ1) is 9.34. The van der Waals surface area contributed by atoms with Gasteiger partial charge in [0.25, 0.3) is 0 Å². The van der Waals surface area contributed by atoms with Gasteiger partial charge in [-0.05, 0) is 37.5 Å². The first-order valence-electron chi connectivity index (χ1n) is 6.79. The quantitative estimate of drug-likeness (QED) is 0.928. The van der Waals surface area contributed by atoms with Gasteiger partial charge in [-0.1, -0.05) is 35.7 Å². The Balaban J connectivity index is 2.11. The van der Waals surface area contributed by atoms with E-state index < -0.39 is 5.41 Å². The minimum atomic E-state index is -0.451. The van der Waals surface area contributed by atoms with E-state index in [1.165, 1.54) is 0 Å². The molecule has 0 heterocycles. The van der Waals surface area contributed by atoms with E-state index in [1.807, 2.05) is 13.0 Å². The van der Waals surface area contributed by atoms with Gasteiger partial charge in [0.15, 0.2) is 0 Å². The van der Waals surface area contributed by atoms with E-state index in [0.29, 0.717) is 16.6 Å². The molecule has 1 aromatic carbocycles. The van der Waals surface area contributed by atoms with Crippen LogP contribution in [-0.4, -0.2) is 23.9 Å². The molecular weight excluding hydrogens is 295 g/mol. The van der Waals surface area contributed by atoms with Gasteiger partial charge >= 0.3 is 0 Å². The SMILES string of the molecule is CN(Cc1ccc(Cl)cc1Cl)C(=O)C1(C)CCCC1N. The molecule has 0 radical (unpaired) electrons. The van der Waals surface area contributed by atoms with Gasteiger partial charge in [-0.15, -0.1) is 0 Å². The number of nitrogens with zero attached hydrogens (tertiary/aromatic N) is 1. The molecule has 0 saturated heterocycles. The van der Waals surface area contributed by atoms with Gasteiger partial charge < -0.3 is 10.6 Å². The van der Waals surface area contributed by atoms with Crippen LogP contribution in [0.4, 0.5) is 0 Å². The average Bonchev–Trinajstić information content (AvgIpc) is 2.73. The zero-order chi connectivity index (χ0) is 14.9. The number of nitrogens with two attached hydrogens (primary N) is 1. The van der Waals surface area contributed by atoms with Crippen LogP contribution in [0.3, 0.4) is 0 Å². The lowest BCUT2D eigenvalue weighted by Crippen LogP contribution is -2.47. The molecule has 1 aliphatic carbocycles. The smallest absolute Gasteiger partial charge is 0.230 e. The molecule has 110 valence electrons. The minimum Gasteiger partial charge on any atom is -0.341 e. The van der Waals surface area contributed by atoms with Gasteiger partial charge in [-0.25, -0.2) is 0 Å². The Bertz CT molecular complexity index is 521. The lowest BCUT2D eigenvalue weighted by atomic mass is 9.83. The summed E-state index contributed by atoms with van der Waals surface area (Å²) in [6.07, 6.45) is 2.78. The van der Waals surface area contributed by atoms with E-state index in [9.17, 15) is 4.79 Å². The fourth-order valence-corrected chi connectivity index (χ4v) is 3.34. The van der Waals surface area contributed by atoms with Gasteiger partial charge in [0.1, 0.15) is 0 Å². The maximum absolute atomic E-state index is 12.6. The highest BCUT2D eigenvalue weighted by molar-refractivity contribution is 6.35. The van der Waals surface area contributed by atoms with Crippen molar-refractivity contribution in [2.45, 2.75) is 38.8 Å². The number of hydrogen-bond donors (Lipinski definition) is 1. The summed E-state index contributed by atoms with van der Waals surface area (Å²) in [6.45, 7) is 2.43. The molecule has 1 fully saturated rings. The highest BCUT2D eigenvalue weighted by atomic mass is 35.5. The zero-order valence-corrected chi connectivity index (χ0v) is 13.3. The number of hydrogen-bond acceptors (Lipinski definition) is 2. The van der Waals surface area contributed by atoms with Crippen LogP contribution in [0.1, 0.15) is 31.7 Å². The third kappa shape index (κ3) is 2.95. The second-order valence-corrected chi connectivity index (χ2v) is 6.66. The first kappa shape index (κ1) is 15.6. The molecule has 5 heteroatoms. The standard InChI is InChI=1S/C15H20Cl2N2O/c1-15(7-3-4-13(15)18)14(20)19(2)9-10-5-6-11(16)8-12(10)17/h5-6,8,13H,3-4,7,9,18H2,1-2H3. The monoisotopic (exact) mass is 314 g/mol. The molecule has 0 spiro atoms. The Morgan fingerprint density at radius 1 is 1.50 bits per heavy atom. The summed E-state index contributed by atoms with van der Waals surface area (Å²) in [4.78, 5) is 14.3. The van der Waals surface area contributed by atoms with Gasteiger partial charge in [0.05, 0.1) is 5.41 Å². The van der Waals surface area contributed by atoms with E-state index in [-0.39, 0.29) is 11.9 Å². The highest BCUT2D eigenvalue weighted by Gasteiger charge is 2.44. The highest BCUT2D eigenvalue weighted by Crippen LogP contribution is 2.38.